The molecule has 25 heavy (non-hydrogen) atoms. The molecular formula is C16H16N2O6S. The molecule has 0 saturated heterocycles. The van der Waals surface area contributed by atoms with E-state index in [1.54, 1.807) is 0 Å². The lowest BCUT2D eigenvalue weighted by molar-refractivity contribution is -0.385. The Kier molecular flexibility index (Phi) is 5.38. The highest BCUT2D eigenvalue weighted by Crippen LogP contribution is 2.27. The summed E-state index contributed by atoms with van der Waals surface area (Å²) in [6, 6.07) is 9.96. The van der Waals surface area contributed by atoms with Crippen LogP contribution in [0.5, 0.6) is 0 Å². The van der Waals surface area contributed by atoms with Crippen LogP contribution >= 0.6 is 0 Å². The zero-order valence-corrected chi connectivity index (χ0v) is 14.1. The summed E-state index contributed by atoms with van der Waals surface area (Å²) in [5.74, 6) is -0.931. The molecule has 0 amide bonds. The fraction of sp³-hybridized carbons (Fsp3) is 0.188. The Morgan fingerprint density at radius 1 is 1.20 bits per heavy atom. The maximum atomic E-state index is 12.4. The molecule has 132 valence electrons. The van der Waals surface area contributed by atoms with Gasteiger partial charge in [-0.1, -0.05) is 18.2 Å². The number of hydrogen-bond donors (Lipinski definition) is 2. The molecule has 0 spiro atoms. The van der Waals surface area contributed by atoms with Crippen LogP contribution in [0.15, 0.2) is 47.4 Å². The number of hydrogen-bond acceptors (Lipinski definition) is 5. The Morgan fingerprint density at radius 2 is 1.84 bits per heavy atom. The van der Waals surface area contributed by atoms with Gasteiger partial charge in [-0.2, -0.15) is 0 Å². The zero-order valence-electron chi connectivity index (χ0n) is 13.3. The first-order chi connectivity index (χ1) is 11.7. The summed E-state index contributed by atoms with van der Waals surface area (Å²) < 4.78 is 27.2. The minimum atomic E-state index is -3.92. The van der Waals surface area contributed by atoms with Crippen LogP contribution in [0.4, 0.5) is 11.4 Å². The largest absolute Gasteiger partial charge is 0.481 e. The summed E-state index contributed by atoms with van der Waals surface area (Å²) in [6.45, 7) is 1.46. The van der Waals surface area contributed by atoms with Crippen molar-refractivity contribution >= 4 is 27.4 Å². The Labute approximate surface area is 144 Å². The van der Waals surface area contributed by atoms with E-state index < -0.39 is 20.9 Å². The van der Waals surface area contributed by atoms with Crippen molar-refractivity contribution in [2.45, 2.75) is 24.7 Å². The van der Waals surface area contributed by atoms with E-state index in [9.17, 15) is 23.3 Å². The Hall–Kier alpha value is -2.94. The van der Waals surface area contributed by atoms with E-state index in [4.69, 9.17) is 5.11 Å². The van der Waals surface area contributed by atoms with E-state index in [2.05, 4.69) is 4.72 Å². The predicted molar refractivity (Wildman–Crippen MR) is 91.0 cm³/mol. The smallest absolute Gasteiger partial charge is 0.303 e. The molecular weight excluding hydrogens is 348 g/mol. The molecule has 9 heteroatoms. The number of aliphatic carboxylic acids is 1. The number of carbonyl (C=O) groups is 1. The van der Waals surface area contributed by atoms with Crippen molar-refractivity contribution in [3.05, 3.63) is 63.7 Å². The van der Waals surface area contributed by atoms with Gasteiger partial charge in [0.15, 0.2) is 0 Å². The van der Waals surface area contributed by atoms with Crippen LogP contribution in [-0.2, 0) is 21.2 Å². The number of sulfonamides is 1. The molecule has 0 fully saturated rings. The second-order valence-corrected chi connectivity index (χ2v) is 7.03. The molecule has 0 aromatic heterocycles. The molecule has 0 radical (unpaired) electrons. The first-order valence-corrected chi connectivity index (χ1v) is 8.76. The molecule has 0 atom stereocenters. The third-order valence-electron chi connectivity index (χ3n) is 3.61. The van der Waals surface area contributed by atoms with E-state index in [1.165, 1.54) is 49.4 Å². The van der Waals surface area contributed by atoms with Crippen LogP contribution in [0.2, 0.25) is 0 Å². The van der Waals surface area contributed by atoms with Gasteiger partial charge >= 0.3 is 5.97 Å². The van der Waals surface area contributed by atoms with E-state index in [1.807, 2.05) is 0 Å². The fourth-order valence-electron chi connectivity index (χ4n) is 2.22. The molecule has 2 aromatic rings. The third-order valence-corrected chi connectivity index (χ3v) is 4.99. The molecule has 0 heterocycles. The minimum Gasteiger partial charge on any atom is -0.481 e. The summed E-state index contributed by atoms with van der Waals surface area (Å²) in [4.78, 5) is 20.9. The fourth-order valence-corrected chi connectivity index (χ4v) is 3.34. The Morgan fingerprint density at radius 3 is 2.40 bits per heavy atom. The predicted octanol–water partition coefficient (Wildman–Crippen LogP) is 2.72. The molecule has 0 aliphatic heterocycles. The van der Waals surface area contributed by atoms with E-state index in [-0.39, 0.29) is 28.3 Å². The Bertz CT molecular complexity index is 907. The van der Waals surface area contributed by atoms with Gasteiger partial charge in [0.2, 0.25) is 0 Å². The van der Waals surface area contributed by atoms with Gasteiger partial charge in [-0.15, -0.1) is 0 Å². The van der Waals surface area contributed by atoms with Gasteiger partial charge in [-0.3, -0.25) is 19.6 Å². The maximum absolute atomic E-state index is 12.4. The lowest BCUT2D eigenvalue weighted by atomic mass is 10.1. The minimum absolute atomic E-state index is 0.0162. The van der Waals surface area contributed by atoms with E-state index >= 15 is 0 Å². The highest BCUT2D eigenvalue weighted by molar-refractivity contribution is 7.92. The van der Waals surface area contributed by atoms with Gasteiger partial charge in [0.05, 0.1) is 21.1 Å². The second-order valence-electron chi connectivity index (χ2n) is 5.35. The van der Waals surface area contributed by atoms with Crippen LogP contribution < -0.4 is 4.72 Å². The summed E-state index contributed by atoms with van der Waals surface area (Å²) >= 11 is 0. The number of nitro groups is 1. The molecule has 0 aliphatic carbocycles. The monoisotopic (exact) mass is 364 g/mol. The van der Waals surface area contributed by atoms with Gasteiger partial charge in [0, 0.05) is 12.5 Å². The second kappa shape index (κ2) is 7.31. The van der Waals surface area contributed by atoms with Crippen molar-refractivity contribution < 1.29 is 23.2 Å². The van der Waals surface area contributed by atoms with Crippen molar-refractivity contribution in [1.82, 2.24) is 0 Å². The molecule has 0 unspecified atom stereocenters. The normalized spacial score (nSPS) is 11.1. The molecule has 0 saturated carbocycles. The first kappa shape index (κ1) is 18.4. The third kappa shape index (κ3) is 4.54. The number of aryl methyl sites for hydroxylation is 1. The molecule has 2 aromatic carbocycles. The molecule has 2 rings (SSSR count). The number of nitrogens with zero attached hydrogens (tertiary/aromatic N) is 1. The standard InChI is InChI=1S/C16H16N2O6S/c1-11-14(3-2-4-15(11)18(21)22)17-25(23,24)13-8-5-12(6-9-13)7-10-16(19)20/h2-6,8-9,17H,7,10H2,1H3,(H,19,20). The van der Waals surface area contributed by atoms with Gasteiger partial charge in [0.25, 0.3) is 15.7 Å². The number of carboxylic acids is 1. The van der Waals surface area contributed by atoms with Gasteiger partial charge in [-0.05, 0) is 37.1 Å². The lowest BCUT2D eigenvalue weighted by Crippen LogP contribution is -2.14. The molecule has 0 bridgehead atoms. The average molecular weight is 364 g/mol. The van der Waals surface area contributed by atoms with Gasteiger partial charge in [-0.25, -0.2) is 8.42 Å². The van der Waals surface area contributed by atoms with Crippen LogP contribution in [0, 0.1) is 17.0 Å². The lowest BCUT2D eigenvalue weighted by Gasteiger charge is -2.11. The van der Waals surface area contributed by atoms with Crippen molar-refractivity contribution in [2.24, 2.45) is 0 Å². The van der Waals surface area contributed by atoms with Crippen LogP contribution in [-0.4, -0.2) is 24.4 Å². The summed E-state index contributed by atoms with van der Waals surface area (Å²) in [5.41, 5.74) is 0.871. The summed E-state index contributed by atoms with van der Waals surface area (Å²) in [5, 5.41) is 19.6. The van der Waals surface area contributed by atoms with Crippen molar-refractivity contribution in [2.75, 3.05) is 4.72 Å². The van der Waals surface area contributed by atoms with Crippen molar-refractivity contribution in [3.8, 4) is 0 Å². The highest BCUT2D eigenvalue weighted by atomic mass is 32.2. The Balaban J connectivity index is 2.23. The highest BCUT2D eigenvalue weighted by Gasteiger charge is 2.19. The number of benzene rings is 2. The van der Waals surface area contributed by atoms with Crippen LogP contribution in [0.1, 0.15) is 17.5 Å². The quantitative estimate of drug-likeness (QED) is 0.574. The van der Waals surface area contributed by atoms with Crippen LogP contribution in [0.25, 0.3) is 0 Å². The van der Waals surface area contributed by atoms with E-state index in [0.717, 1.165) is 0 Å². The van der Waals surface area contributed by atoms with Crippen molar-refractivity contribution in [3.63, 3.8) is 0 Å². The molecule has 2 N–H and O–H groups in total. The number of anilines is 1. The topological polar surface area (TPSA) is 127 Å². The van der Waals surface area contributed by atoms with Gasteiger partial charge in [0.1, 0.15) is 0 Å². The zero-order chi connectivity index (χ0) is 18.6. The van der Waals surface area contributed by atoms with Crippen molar-refractivity contribution in [1.29, 1.82) is 0 Å². The number of nitrogens with one attached hydrogen (secondary N) is 1. The average Bonchev–Trinajstić information content (AvgIpc) is 2.55. The number of carboxylic acid groups (broad SMARTS) is 1. The van der Waals surface area contributed by atoms with E-state index in [0.29, 0.717) is 12.0 Å². The summed E-state index contributed by atoms with van der Waals surface area (Å²) in [6.07, 6.45) is 0.254. The first-order valence-electron chi connectivity index (χ1n) is 7.28. The molecule has 0 aliphatic rings. The number of nitro benzene ring substituents is 1. The van der Waals surface area contributed by atoms with Gasteiger partial charge < -0.3 is 5.11 Å². The maximum Gasteiger partial charge on any atom is 0.303 e. The molecule has 8 nitrogen and oxygen atoms in total. The van der Waals surface area contributed by atoms with Crippen LogP contribution in [0.3, 0.4) is 0 Å². The SMILES string of the molecule is Cc1c(NS(=O)(=O)c2ccc(CCC(=O)O)cc2)cccc1[N+](=O)[O-]. The number of rotatable bonds is 7. The summed E-state index contributed by atoms with van der Waals surface area (Å²) in [7, 11) is -3.92.